The average Bonchev–Trinajstić information content (AvgIpc) is 2.30. The number of nitrogens with zero attached hydrogens (tertiary/aromatic N) is 1. The molecule has 0 heterocycles. The molecular weight excluding hydrogens is 169 g/mol. The average molecular weight is 191 g/mol. The Morgan fingerprint density at radius 2 is 1.00 bits per heavy atom. The van der Waals surface area contributed by atoms with E-state index in [0.29, 0.717) is 12.1 Å². The van der Waals surface area contributed by atoms with Gasteiger partial charge >= 0.3 is 0 Å². The molecule has 0 aromatic heterocycles. The standard InChI is InChI=1S/C12H22BN/c13-14(11-7-3-1-4-8-11)12-9-5-2-6-10-12/h11-12H,1-10H2/q-1. The summed E-state index contributed by atoms with van der Waals surface area (Å²) >= 11 is 0. The van der Waals surface area contributed by atoms with Gasteiger partial charge in [0.15, 0.2) is 0 Å². The van der Waals surface area contributed by atoms with E-state index in [-0.39, 0.29) is 0 Å². The van der Waals surface area contributed by atoms with Crippen molar-refractivity contribution in [3.63, 3.8) is 0 Å². The van der Waals surface area contributed by atoms with Crippen LogP contribution in [-0.4, -0.2) is 24.9 Å². The lowest BCUT2D eigenvalue weighted by molar-refractivity contribution is 0.175. The first-order valence-electron chi connectivity index (χ1n) is 6.41. The fourth-order valence-electron chi connectivity index (χ4n) is 3.06. The third-order valence-corrected chi connectivity index (χ3v) is 3.99. The molecule has 0 unspecified atom stereocenters. The van der Waals surface area contributed by atoms with Crippen molar-refractivity contribution in [3.05, 3.63) is 0 Å². The van der Waals surface area contributed by atoms with E-state index >= 15 is 0 Å². The summed E-state index contributed by atoms with van der Waals surface area (Å²) in [6, 6.07) is 1.40. The van der Waals surface area contributed by atoms with Crippen LogP contribution in [0.5, 0.6) is 0 Å². The number of hydrogen-bond acceptors (Lipinski definition) is 1. The van der Waals surface area contributed by atoms with Crippen molar-refractivity contribution in [1.82, 2.24) is 4.81 Å². The van der Waals surface area contributed by atoms with Crippen LogP contribution in [-0.2, 0) is 0 Å². The molecule has 0 saturated heterocycles. The van der Waals surface area contributed by atoms with Crippen LogP contribution in [0.3, 0.4) is 0 Å². The van der Waals surface area contributed by atoms with Crippen LogP contribution in [0, 0.1) is 0 Å². The highest BCUT2D eigenvalue weighted by Gasteiger charge is 2.18. The highest BCUT2D eigenvalue weighted by Crippen LogP contribution is 2.28. The molecule has 2 rings (SSSR count). The summed E-state index contributed by atoms with van der Waals surface area (Å²) in [5.74, 6) is 0. The van der Waals surface area contributed by atoms with Crippen molar-refractivity contribution in [2.45, 2.75) is 76.3 Å². The minimum absolute atomic E-state index is 0.701. The second-order valence-corrected chi connectivity index (χ2v) is 5.03. The molecule has 0 bridgehead atoms. The lowest BCUT2D eigenvalue weighted by atomic mass is 9.86. The molecule has 2 aliphatic rings. The lowest BCUT2D eigenvalue weighted by Crippen LogP contribution is -2.43. The molecule has 0 aromatic rings. The van der Waals surface area contributed by atoms with Gasteiger partial charge in [-0.25, -0.2) is 0 Å². The van der Waals surface area contributed by atoms with Crippen molar-refractivity contribution in [2.24, 2.45) is 0 Å². The van der Waals surface area contributed by atoms with E-state index in [4.69, 9.17) is 7.98 Å². The van der Waals surface area contributed by atoms with Gasteiger partial charge in [0.25, 0.3) is 0 Å². The second-order valence-electron chi connectivity index (χ2n) is 5.03. The van der Waals surface area contributed by atoms with Gasteiger partial charge in [0.1, 0.15) is 0 Å². The number of hydrogen-bond donors (Lipinski definition) is 0. The highest BCUT2D eigenvalue weighted by molar-refractivity contribution is 6.04. The number of rotatable bonds is 2. The van der Waals surface area contributed by atoms with Crippen molar-refractivity contribution in [1.29, 1.82) is 0 Å². The molecule has 2 heteroatoms. The van der Waals surface area contributed by atoms with Gasteiger partial charge in [-0.1, -0.05) is 38.5 Å². The van der Waals surface area contributed by atoms with Crippen LogP contribution < -0.4 is 0 Å². The van der Waals surface area contributed by atoms with Gasteiger partial charge in [0.05, 0.1) is 0 Å². The van der Waals surface area contributed by atoms with Crippen molar-refractivity contribution >= 4 is 7.98 Å². The minimum atomic E-state index is 0.701. The van der Waals surface area contributed by atoms with Crippen LogP contribution in [0.2, 0.25) is 0 Å². The van der Waals surface area contributed by atoms with Crippen molar-refractivity contribution < 1.29 is 0 Å². The first-order valence-corrected chi connectivity index (χ1v) is 6.41. The van der Waals surface area contributed by atoms with Gasteiger partial charge in [-0.2, -0.15) is 0 Å². The summed E-state index contributed by atoms with van der Waals surface area (Å²) in [7, 11) is 6.26. The molecule has 0 amide bonds. The second kappa shape index (κ2) is 5.20. The summed E-state index contributed by atoms with van der Waals surface area (Å²) in [6.45, 7) is 0. The zero-order valence-electron chi connectivity index (χ0n) is 9.25. The summed E-state index contributed by atoms with van der Waals surface area (Å²) in [4.78, 5) is 2.22. The Kier molecular flexibility index (Phi) is 3.92. The summed E-state index contributed by atoms with van der Waals surface area (Å²) in [5.41, 5.74) is 0. The molecule has 2 aliphatic carbocycles. The Morgan fingerprint density at radius 1 is 0.643 bits per heavy atom. The maximum absolute atomic E-state index is 6.26. The Bertz CT molecular complexity index is 142. The van der Waals surface area contributed by atoms with E-state index in [1.165, 1.54) is 64.2 Å². The molecule has 2 fully saturated rings. The molecule has 2 saturated carbocycles. The van der Waals surface area contributed by atoms with E-state index in [9.17, 15) is 0 Å². The van der Waals surface area contributed by atoms with Gasteiger partial charge in [-0.3, -0.25) is 0 Å². The van der Waals surface area contributed by atoms with Crippen molar-refractivity contribution in [3.8, 4) is 0 Å². The fraction of sp³-hybridized carbons (Fsp3) is 1.00. The largest absolute Gasteiger partial charge is 0.575 e. The summed E-state index contributed by atoms with van der Waals surface area (Å²) in [6.07, 6.45) is 13.8. The quantitative estimate of drug-likeness (QED) is 0.606. The normalized spacial score (nSPS) is 27.0. The van der Waals surface area contributed by atoms with E-state index < -0.39 is 0 Å². The van der Waals surface area contributed by atoms with E-state index in [0.717, 1.165) is 0 Å². The SMILES string of the molecule is [B-]N(C1CCCCC1)C1CCCCC1. The molecule has 0 aliphatic heterocycles. The van der Waals surface area contributed by atoms with Gasteiger partial charge in [-0.15, -0.1) is 0 Å². The molecule has 3 radical (unpaired) electrons. The maximum Gasteiger partial charge on any atom is -0.0334 e. The van der Waals surface area contributed by atoms with Gasteiger partial charge in [0.2, 0.25) is 0 Å². The van der Waals surface area contributed by atoms with Crippen LogP contribution >= 0.6 is 0 Å². The lowest BCUT2D eigenvalue weighted by Gasteiger charge is -2.51. The molecular formula is C12H22BN-. The first-order chi connectivity index (χ1) is 6.88. The summed E-state index contributed by atoms with van der Waals surface area (Å²) < 4.78 is 0. The minimum Gasteiger partial charge on any atom is -0.575 e. The van der Waals surface area contributed by atoms with Crippen LogP contribution in [0.15, 0.2) is 0 Å². The Balaban J connectivity index is 1.82. The van der Waals surface area contributed by atoms with E-state index in [2.05, 4.69) is 4.81 Å². The first kappa shape index (κ1) is 10.5. The van der Waals surface area contributed by atoms with Crippen LogP contribution in [0.4, 0.5) is 0 Å². The van der Waals surface area contributed by atoms with Gasteiger partial charge in [-0.05, 0) is 37.8 Å². The zero-order chi connectivity index (χ0) is 9.80. The third-order valence-electron chi connectivity index (χ3n) is 3.99. The van der Waals surface area contributed by atoms with Crippen LogP contribution in [0.1, 0.15) is 64.2 Å². The molecule has 0 spiro atoms. The molecule has 14 heavy (non-hydrogen) atoms. The Labute approximate surface area is 89.7 Å². The monoisotopic (exact) mass is 191 g/mol. The van der Waals surface area contributed by atoms with E-state index in [1.54, 1.807) is 0 Å². The fourth-order valence-corrected chi connectivity index (χ4v) is 3.06. The Morgan fingerprint density at radius 3 is 1.36 bits per heavy atom. The predicted octanol–water partition coefficient (Wildman–Crippen LogP) is 3.04. The van der Waals surface area contributed by atoms with E-state index in [1.807, 2.05) is 0 Å². The van der Waals surface area contributed by atoms with Gasteiger partial charge in [0, 0.05) is 0 Å². The predicted molar refractivity (Wildman–Crippen MR) is 61.3 cm³/mol. The smallest absolute Gasteiger partial charge is 0.0334 e. The topological polar surface area (TPSA) is 3.24 Å². The molecule has 79 valence electrons. The van der Waals surface area contributed by atoms with Gasteiger partial charge < -0.3 is 12.8 Å². The summed E-state index contributed by atoms with van der Waals surface area (Å²) in [5, 5.41) is 0. The molecule has 1 nitrogen and oxygen atoms in total. The van der Waals surface area contributed by atoms with Crippen molar-refractivity contribution in [2.75, 3.05) is 0 Å². The molecule has 0 aromatic carbocycles. The third kappa shape index (κ3) is 2.53. The molecule has 0 N–H and O–H groups in total. The zero-order valence-corrected chi connectivity index (χ0v) is 9.25. The molecule has 0 atom stereocenters. The highest BCUT2D eigenvalue weighted by atomic mass is 15.1. The Hall–Kier alpha value is 0.0249. The maximum atomic E-state index is 6.26. The van der Waals surface area contributed by atoms with Crippen LogP contribution in [0.25, 0.3) is 0 Å².